The fourth-order valence-electron chi connectivity index (χ4n) is 1.27. The molecule has 0 aliphatic rings. The van der Waals surface area contributed by atoms with E-state index in [0.29, 0.717) is 0 Å². The molecule has 0 aliphatic heterocycles. The second-order valence-electron chi connectivity index (χ2n) is 3.75. The van der Waals surface area contributed by atoms with E-state index < -0.39 is 30.4 Å². The van der Waals surface area contributed by atoms with Crippen molar-refractivity contribution in [1.82, 2.24) is 0 Å². The molecule has 1 atom stereocenters. The van der Waals surface area contributed by atoms with Gasteiger partial charge in [-0.3, -0.25) is 4.79 Å². The van der Waals surface area contributed by atoms with Gasteiger partial charge in [-0.25, -0.2) is 9.59 Å². The first kappa shape index (κ1) is 17.7. The van der Waals surface area contributed by atoms with E-state index in [1.165, 1.54) is 12.1 Å². The average Bonchev–Trinajstić information content (AvgIpc) is 2.36. The van der Waals surface area contributed by atoms with Gasteiger partial charge in [0.2, 0.25) is 0 Å². The first-order valence-corrected chi connectivity index (χ1v) is 6.55. The third kappa shape index (κ3) is 4.86. The van der Waals surface area contributed by atoms with E-state index in [9.17, 15) is 19.5 Å². The number of carbonyl (C=O) groups excluding carboxylic acids is 3. The number of rotatable bonds is 4. The molecule has 0 aliphatic carbocycles. The van der Waals surface area contributed by atoms with Gasteiger partial charge in [0.25, 0.3) is 0 Å². The number of aliphatic hydroxyl groups excluding tert-OH is 1. The lowest BCUT2D eigenvalue weighted by molar-refractivity contribution is -0.154. The molecule has 6 nitrogen and oxygen atoms in total. The fourth-order valence-corrected chi connectivity index (χ4v) is 2.24. The van der Waals surface area contributed by atoms with Crippen molar-refractivity contribution in [1.29, 1.82) is 0 Å². The Balaban J connectivity index is 2.82. The molecular weight excluding hydrogens is 346 g/mol. The number of aliphatic hydroxyl groups is 1. The Bertz CT molecular complexity index is 563. The van der Waals surface area contributed by atoms with Crippen LogP contribution in [0.5, 0.6) is 0 Å². The van der Waals surface area contributed by atoms with Crippen molar-refractivity contribution in [2.24, 2.45) is 0 Å². The molecule has 21 heavy (non-hydrogen) atoms. The molecule has 0 saturated carbocycles. The van der Waals surface area contributed by atoms with Crippen molar-refractivity contribution >= 4 is 52.7 Å². The number of carbonyl (C=O) groups is 3. The number of hydrogen-bond donors (Lipinski definition) is 1. The monoisotopic (exact) mass is 354 g/mol. The summed E-state index contributed by atoms with van der Waals surface area (Å²) in [6, 6.07) is 2.47. The lowest BCUT2D eigenvalue weighted by Gasteiger charge is -2.10. The molecule has 0 aromatic heterocycles. The van der Waals surface area contributed by atoms with E-state index in [2.05, 4.69) is 9.47 Å². The summed E-state index contributed by atoms with van der Waals surface area (Å²) in [4.78, 5) is 34.1. The number of esters is 3. The van der Waals surface area contributed by atoms with Gasteiger partial charge in [0.15, 0.2) is 6.10 Å². The molecule has 1 aromatic rings. The molecule has 0 bridgehead atoms. The minimum Gasteiger partial charge on any atom is -0.469 e. The number of hydrogen-bond acceptors (Lipinski definition) is 6. The third-order valence-corrected chi connectivity index (χ3v) is 3.08. The highest BCUT2D eigenvalue weighted by Crippen LogP contribution is 2.29. The lowest BCUT2D eigenvalue weighted by atomic mass is 10.2. The first-order valence-electron chi connectivity index (χ1n) is 5.41. The minimum atomic E-state index is -1.84. The van der Waals surface area contributed by atoms with Crippen molar-refractivity contribution in [3.8, 4) is 0 Å². The highest BCUT2D eigenvalue weighted by Gasteiger charge is 2.26. The highest BCUT2D eigenvalue weighted by atomic mass is 35.5. The van der Waals surface area contributed by atoms with Gasteiger partial charge < -0.3 is 14.6 Å². The maximum absolute atomic E-state index is 11.8. The number of benzene rings is 1. The zero-order valence-electron chi connectivity index (χ0n) is 10.6. The van der Waals surface area contributed by atoms with E-state index in [0.717, 1.165) is 7.11 Å². The Labute approximate surface area is 134 Å². The normalized spacial score (nSPS) is 11.7. The predicted molar refractivity (Wildman–Crippen MR) is 74.5 cm³/mol. The van der Waals surface area contributed by atoms with Gasteiger partial charge in [-0.15, -0.1) is 0 Å². The van der Waals surface area contributed by atoms with Crippen molar-refractivity contribution in [2.45, 2.75) is 12.5 Å². The summed E-state index contributed by atoms with van der Waals surface area (Å²) in [5.74, 6) is -3.34. The van der Waals surface area contributed by atoms with Crippen molar-refractivity contribution in [3.05, 3.63) is 32.8 Å². The van der Waals surface area contributed by atoms with Gasteiger partial charge in [-0.2, -0.15) is 0 Å². The summed E-state index contributed by atoms with van der Waals surface area (Å²) >= 11 is 17.2. The van der Waals surface area contributed by atoms with Crippen LogP contribution >= 0.6 is 34.8 Å². The van der Waals surface area contributed by atoms with Crippen LogP contribution in [-0.2, 0) is 19.1 Å². The predicted octanol–water partition coefficient (Wildman–Crippen LogP) is 2.25. The molecule has 1 rings (SSSR count). The highest BCUT2D eigenvalue weighted by molar-refractivity contribution is 6.42. The van der Waals surface area contributed by atoms with Crippen LogP contribution in [-0.4, -0.2) is 36.2 Å². The maximum Gasteiger partial charge on any atom is 0.348 e. The summed E-state index contributed by atoms with van der Waals surface area (Å²) in [5.41, 5.74) is -0.277. The van der Waals surface area contributed by atoms with Crippen LogP contribution < -0.4 is 0 Å². The quantitative estimate of drug-likeness (QED) is 0.658. The molecule has 0 heterocycles. The van der Waals surface area contributed by atoms with E-state index in [-0.39, 0.29) is 20.6 Å². The van der Waals surface area contributed by atoms with Gasteiger partial charge in [-0.05, 0) is 12.1 Å². The molecule has 0 spiro atoms. The maximum atomic E-state index is 11.8. The first-order chi connectivity index (χ1) is 9.76. The Morgan fingerprint density at radius 3 is 2.19 bits per heavy atom. The molecule has 114 valence electrons. The number of ether oxygens (including phenoxy) is 2. The van der Waals surface area contributed by atoms with Crippen LogP contribution in [0.1, 0.15) is 16.8 Å². The molecule has 0 radical (unpaired) electrons. The van der Waals surface area contributed by atoms with Gasteiger partial charge in [0.05, 0.1) is 29.1 Å². The molecule has 0 fully saturated rings. The van der Waals surface area contributed by atoms with Crippen LogP contribution in [0, 0.1) is 0 Å². The van der Waals surface area contributed by atoms with Crippen LogP contribution in [0.15, 0.2) is 12.1 Å². The molecule has 0 amide bonds. The fraction of sp³-hybridized carbons (Fsp3) is 0.250. The van der Waals surface area contributed by atoms with Gasteiger partial charge in [0.1, 0.15) is 0 Å². The Morgan fingerprint density at radius 2 is 1.71 bits per heavy atom. The summed E-state index contributed by atoms with van der Waals surface area (Å²) in [7, 11) is 1.08. The van der Waals surface area contributed by atoms with Crippen LogP contribution in [0.4, 0.5) is 0 Å². The molecule has 1 N–H and O–H groups in total. The topological polar surface area (TPSA) is 89.9 Å². The zero-order chi connectivity index (χ0) is 16.2. The standard InChI is InChI=1S/C12H9Cl3O6/c1-20-9(17)4-8(16)11(18)21-12(19)10-6(14)2-5(13)3-7(10)15/h2-3,8,16H,4H2,1H3. The smallest absolute Gasteiger partial charge is 0.348 e. The summed E-state index contributed by atoms with van der Waals surface area (Å²) in [6.45, 7) is 0. The third-order valence-electron chi connectivity index (χ3n) is 2.26. The molecule has 1 unspecified atom stereocenters. The Hall–Kier alpha value is -1.34. The average molecular weight is 356 g/mol. The second kappa shape index (κ2) is 7.61. The Kier molecular flexibility index (Phi) is 6.42. The van der Waals surface area contributed by atoms with Gasteiger partial charge >= 0.3 is 17.9 Å². The van der Waals surface area contributed by atoms with E-state index in [4.69, 9.17) is 34.8 Å². The van der Waals surface area contributed by atoms with E-state index in [1.807, 2.05) is 0 Å². The van der Waals surface area contributed by atoms with Crippen molar-refractivity contribution in [2.75, 3.05) is 7.11 Å². The number of halogens is 3. The number of methoxy groups -OCH3 is 1. The molecular formula is C12H9Cl3O6. The Morgan fingerprint density at radius 1 is 1.19 bits per heavy atom. The van der Waals surface area contributed by atoms with E-state index in [1.54, 1.807) is 0 Å². The van der Waals surface area contributed by atoms with Gasteiger partial charge in [0, 0.05) is 5.02 Å². The molecule has 9 heteroatoms. The molecule has 1 aromatic carbocycles. The summed E-state index contributed by atoms with van der Waals surface area (Å²) in [5, 5.41) is 9.34. The van der Waals surface area contributed by atoms with Gasteiger partial charge in [-0.1, -0.05) is 34.8 Å². The second-order valence-corrected chi connectivity index (χ2v) is 5.00. The lowest BCUT2D eigenvalue weighted by Crippen LogP contribution is -2.28. The minimum absolute atomic E-state index is 0.118. The van der Waals surface area contributed by atoms with Crippen LogP contribution in [0.2, 0.25) is 15.1 Å². The van der Waals surface area contributed by atoms with Crippen molar-refractivity contribution < 1.29 is 29.0 Å². The van der Waals surface area contributed by atoms with E-state index >= 15 is 0 Å². The summed E-state index contributed by atoms with van der Waals surface area (Å²) in [6.07, 6.45) is -2.49. The summed E-state index contributed by atoms with van der Waals surface area (Å²) < 4.78 is 8.66. The van der Waals surface area contributed by atoms with Crippen LogP contribution in [0.3, 0.4) is 0 Å². The SMILES string of the molecule is COC(=O)CC(O)C(=O)OC(=O)c1c(Cl)cc(Cl)cc1Cl. The van der Waals surface area contributed by atoms with Crippen LogP contribution in [0.25, 0.3) is 0 Å². The van der Waals surface area contributed by atoms with Crippen molar-refractivity contribution in [3.63, 3.8) is 0 Å². The molecule has 0 saturated heterocycles. The largest absolute Gasteiger partial charge is 0.469 e. The zero-order valence-corrected chi connectivity index (χ0v) is 12.8.